The Labute approximate surface area is 125 Å². The van der Waals surface area contributed by atoms with E-state index in [1.165, 1.54) is 19.4 Å². The molecule has 0 aliphatic carbocycles. The van der Waals surface area contributed by atoms with Gasteiger partial charge in [-0.25, -0.2) is 0 Å². The summed E-state index contributed by atoms with van der Waals surface area (Å²) in [7, 11) is 2.18. The van der Waals surface area contributed by atoms with E-state index in [1.54, 1.807) is 6.20 Å². The second-order valence-electron chi connectivity index (χ2n) is 5.83. The first-order chi connectivity index (χ1) is 10.3. The molecule has 21 heavy (non-hydrogen) atoms. The predicted molar refractivity (Wildman–Crippen MR) is 85.2 cm³/mol. The van der Waals surface area contributed by atoms with Crippen LogP contribution in [0.5, 0.6) is 0 Å². The molecule has 108 valence electrons. The van der Waals surface area contributed by atoms with Crippen LogP contribution >= 0.6 is 0 Å². The van der Waals surface area contributed by atoms with E-state index < -0.39 is 0 Å². The largest absolute Gasteiger partial charge is 0.383 e. The fourth-order valence-corrected chi connectivity index (χ4v) is 3.10. The molecule has 0 spiro atoms. The van der Waals surface area contributed by atoms with Crippen LogP contribution in [0.15, 0.2) is 30.5 Å². The fourth-order valence-electron chi connectivity index (χ4n) is 3.10. The quantitative estimate of drug-likeness (QED) is 0.939. The molecule has 1 aromatic carbocycles. The van der Waals surface area contributed by atoms with Crippen LogP contribution in [0, 0.1) is 17.2 Å². The summed E-state index contributed by atoms with van der Waals surface area (Å²) in [6, 6.07) is 10.2. The van der Waals surface area contributed by atoms with Crippen LogP contribution in [0.4, 0.5) is 5.69 Å². The first-order valence-electron chi connectivity index (χ1n) is 7.48. The van der Waals surface area contributed by atoms with Gasteiger partial charge in [-0.05, 0) is 38.4 Å². The topological polar surface area (TPSA) is 52.0 Å². The zero-order valence-corrected chi connectivity index (χ0v) is 12.3. The Morgan fingerprint density at radius 1 is 1.43 bits per heavy atom. The van der Waals surface area contributed by atoms with Gasteiger partial charge in [-0.1, -0.05) is 18.2 Å². The number of hydrogen-bond donors (Lipinski definition) is 1. The summed E-state index contributed by atoms with van der Waals surface area (Å²) in [5.74, 6) is 0.641. The number of rotatable bonds is 3. The Hall–Kier alpha value is -2.12. The predicted octanol–water partition coefficient (Wildman–Crippen LogP) is 2.86. The number of para-hydroxylation sites is 1. The van der Waals surface area contributed by atoms with Crippen LogP contribution < -0.4 is 5.32 Å². The van der Waals surface area contributed by atoms with Gasteiger partial charge in [-0.2, -0.15) is 5.26 Å². The maximum Gasteiger partial charge on any atom is 0.103 e. The Morgan fingerprint density at radius 3 is 3.10 bits per heavy atom. The van der Waals surface area contributed by atoms with Gasteiger partial charge in [-0.3, -0.25) is 4.98 Å². The number of nitrogens with zero attached hydrogens (tertiary/aromatic N) is 3. The third-order valence-corrected chi connectivity index (χ3v) is 4.19. The van der Waals surface area contributed by atoms with Gasteiger partial charge in [0.2, 0.25) is 0 Å². The minimum absolute atomic E-state index is 0.623. The van der Waals surface area contributed by atoms with Crippen molar-refractivity contribution in [3.8, 4) is 6.07 Å². The minimum Gasteiger partial charge on any atom is -0.383 e. The van der Waals surface area contributed by atoms with E-state index in [2.05, 4.69) is 28.3 Å². The standard InChI is InChI=1S/C17H20N4/c1-21-8-4-5-13(12-21)10-20-17-14(9-18)11-19-16-7-3-2-6-15(16)17/h2-3,6-7,11,13H,4-5,8,10,12H2,1H3,(H,19,20). The zero-order valence-electron chi connectivity index (χ0n) is 12.3. The van der Waals surface area contributed by atoms with Gasteiger partial charge in [0.1, 0.15) is 6.07 Å². The second kappa shape index (κ2) is 6.11. The molecule has 1 N–H and O–H groups in total. The highest BCUT2D eigenvalue weighted by Gasteiger charge is 2.18. The third kappa shape index (κ3) is 2.98. The summed E-state index contributed by atoms with van der Waals surface area (Å²) in [6.45, 7) is 3.23. The van der Waals surface area contributed by atoms with Crippen LogP contribution in [0.1, 0.15) is 18.4 Å². The summed E-state index contributed by atoms with van der Waals surface area (Å²) in [6.07, 6.45) is 4.17. The summed E-state index contributed by atoms with van der Waals surface area (Å²) in [5.41, 5.74) is 2.48. The molecule has 4 nitrogen and oxygen atoms in total. The van der Waals surface area contributed by atoms with Crippen LogP contribution in [-0.4, -0.2) is 36.6 Å². The molecular formula is C17H20N4. The molecule has 0 saturated carbocycles. The Bertz CT molecular complexity index is 674. The highest BCUT2D eigenvalue weighted by atomic mass is 15.1. The summed E-state index contributed by atoms with van der Waals surface area (Å²) in [4.78, 5) is 6.73. The van der Waals surface area contributed by atoms with Crippen molar-refractivity contribution >= 4 is 16.6 Å². The van der Waals surface area contributed by atoms with Gasteiger partial charge >= 0.3 is 0 Å². The number of hydrogen-bond acceptors (Lipinski definition) is 4. The normalized spacial score (nSPS) is 19.3. The molecule has 0 bridgehead atoms. The molecule has 0 radical (unpaired) electrons. The molecule has 1 saturated heterocycles. The van der Waals surface area contributed by atoms with Gasteiger partial charge in [-0.15, -0.1) is 0 Å². The van der Waals surface area contributed by atoms with Crippen LogP contribution in [0.3, 0.4) is 0 Å². The van der Waals surface area contributed by atoms with Crippen molar-refractivity contribution in [3.63, 3.8) is 0 Å². The third-order valence-electron chi connectivity index (χ3n) is 4.19. The molecule has 1 aliphatic rings. The highest BCUT2D eigenvalue weighted by molar-refractivity contribution is 5.93. The lowest BCUT2D eigenvalue weighted by molar-refractivity contribution is 0.217. The molecule has 2 aromatic rings. The Kier molecular flexibility index (Phi) is 4.03. The molecule has 2 heterocycles. The maximum atomic E-state index is 9.32. The van der Waals surface area contributed by atoms with E-state index in [-0.39, 0.29) is 0 Å². The van der Waals surface area contributed by atoms with Gasteiger partial charge in [0.25, 0.3) is 0 Å². The van der Waals surface area contributed by atoms with Crippen LogP contribution in [0.2, 0.25) is 0 Å². The second-order valence-corrected chi connectivity index (χ2v) is 5.83. The summed E-state index contributed by atoms with van der Waals surface area (Å²) < 4.78 is 0. The number of pyridine rings is 1. The molecule has 1 unspecified atom stereocenters. The van der Waals surface area contributed by atoms with Crippen molar-refractivity contribution in [2.75, 3.05) is 32.0 Å². The van der Waals surface area contributed by atoms with Gasteiger partial charge < -0.3 is 10.2 Å². The average molecular weight is 280 g/mol. The van der Waals surface area contributed by atoms with Crippen LogP contribution in [0.25, 0.3) is 10.9 Å². The van der Waals surface area contributed by atoms with Crippen molar-refractivity contribution in [1.82, 2.24) is 9.88 Å². The van der Waals surface area contributed by atoms with E-state index in [0.29, 0.717) is 11.5 Å². The fraction of sp³-hybridized carbons (Fsp3) is 0.412. The molecule has 1 aromatic heterocycles. The molecule has 3 rings (SSSR count). The first-order valence-corrected chi connectivity index (χ1v) is 7.48. The van der Waals surface area contributed by atoms with E-state index in [4.69, 9.17) is 0 Å². The first kappa shape index (κ1) is 13.8. The lowest BCUT2D eigenvalue weighted by atomic mass is 9.98. The summed E-state index contributed by atoms with van der Waals surface area (Å²) in [5, 5.41) is 13.9. The lowest BCUT2D eigenvalue weighted by Crippen LogP contribution is -2.35. The number of piperidine rings is 1. The summed E-state index contributed by atoms with van der Waals surface area (Å²) >= 11 is 0. The number of anilines is 1. The molecule has 4 heteroatoms. The monoisotopic (exact) mass is 280 g/mol. The van der Waals surface area contributed by atoms with Gasteiger partial charge in [0.05, 0.1) is 16.8 Å². The molecule has 0 amide bonds. The lowest BCUT2D eigenvalue weighted by Gasteiger charge is -2.30. The molecule has 1 aliphatic heterocycles. The number of nitriles is 1. The van der Waals surface area contributed by atoms with Crippen molar-refractivity contribution in [1.29, 1.82) is 5.26 Å². The van der Waals surface area contributed by atoms with E-state index in [0.717, 1.165) is 29.7 Å². The van der Waals surface area contributed by atoms with E-state index in [9.17, 15) is 5.26 Å². The van der Waals surface area contributed by atoms with Gasteiger partial charge in [0, 0.05) is 24.7 Å². The SMILES string of the molecule is CN1CCCC(CNc2c(C#N)cnc3ccccc23)C1. The number of benzene rings is 1. The minimum atomic E-state index is 0.623. The van der Waals surface area contributed by atoms with E-state index >= 15 is 0 Å². The van der Waals surface area contributed by atoms with Crippen molar-refractivity contribution in [3.05, 3.63) is 36.0 Å². The number of aromatic nitrogens is 1. The zero-order chi connectivity index (χ0) is 14.7. The van der Waals surface area contributed by atoms with Crippen LogP contribution in [-0.2, 0) is 0 Å². The molecule has 1 atom stereocenters. The number of nitrogens with one attached hydrogen (secondary N) is 1. The van der Waals surface area contributed by atoms with Crippen molar-refractivity contribution < 1.29 is 0 Å². The van der Waals surface area contributed by atoms with Crippen molar-refractivity contribution in [2.24, 2.45) is 5.92 Å². The smallest absolute Gasteiger partial charge is 0.103 e. The highest BCUT2D eigenvalue weighted by Crippen LogP contribution is 2.26. The Balaban J connectivity index is 1.84. The Morgan fingerprint density at radius 2 is 2.29 bits per heavy atom. The molecule has 1 fully saturated rings. The number of likely N-dealkylation sites (tertiary alicyclic amines) is 1. The number of fused-ring (bicyclic) bond motifs is 1. The van der Waals surface area contributed by atoms with Crippen molar-refractivity contribution in [2.45, 2.75) is 12.8 Å². The van der Waals surface area contributed by atoms with Gasteiger partial charge in [0.15, 0.2) is 0 Å². The maximum absolute atomic E-state index is 9.32. The van der Waals surface area contributed by atoms with E-state index in [1.807, 2.05) is 24.3 Å². The average Bonchev–Trinajstić information content (AvgIpc) is 2.52. The molecular weight excluding hydrogens is 260 g/mol.